The number of hydrogen-bond acceptors (Lipinski definition) is 4. The highest BCUT2D eigenvalue weighted by molar-refractivity contribution is 7.08. The SMILES string of the molecule is Cn1cnnc1NCc1cscc1Cl. The van der Waals surface area contributed by atoms with Gasteiger partial charge >= 0.3 is 0 Å². The van der Waals surface area contributed by atoms with Gasteiger partial charge in [0.15, 0.2) is 0 Å². The second kappa shape index (κ2) is 3.98. The van der Waals surface area contributed by atoms with Crippen molar-refractivity contribution in [2.45, 2.75) is 6.54 Å². The van der Waals surface area contributed by atoms with Crippen molar-refractivity contribution in [3.05, 3.63) is 27.7 Å². The molecule has 0 fully saturated rings. The largest absolute Gasteiger partial charge is 0.350 e. The minimum absolute atomic E-state index is 0.675. The molecule has 2 aromatic heterocycles. The van der Waals surface area contributed by atoms with E-state index < -0.39 is 0 Å². The van der Waals surface area contributed by atoms with Crippen LogP contribution in [0.5, 0.6) is 0 Å². The number of aromatic nitrogens is 3. The predicted molar refractivity (Wildman–Crippen MR) is 57.7 cm³/mol. The van der Waals surface area contributed by atoms with Crippen LogP contribution in [-0.2, 0) is 13.6 Å². The molecular weight excluding hydrogens is 220 g/mol. The summed E-state index contributed by atoms with van der Waals surface area (Å²) in [5.74, 6) is 0.743. The van der Waals surface area contributed by atoms with Crippen molar-refractivity contribution < 1.29 is 0 Å². The third kappa shape index (κ3) is 1.88. The molecule has 0 bridgehead atoms. The zero-order valence-corrected chi connectivity index (χ0v) is 9.14. The molecule has 0 radical (unpaired) electrons. The van der Waals surface area contributed by atoms with Gasteiger partial charge < -0.3 is 9.88 Å². The highest BCUT2D eigenvalue weighted by Gasteiger charge is 2.03. The summed E-state index contributed by atoms with van der Waals surface area (Å²) < 4.78 is 1.82. The van der Waals surface area contributed by atoms with Gasteiger partial charge in [0.2, 0.25) is 5.95 Å². The Hall–Kier alpha value is -1.07. The molecule has 6 heteroatoms. The number of hydrogen-bond donors (Lipinski definition) is 1. The molecule has 0 aliphatic heterocycles. The molecule has 2 rings (SSSR count). The van der Waals surface area contributed by atoms with E-state index in [1.54, 1.807) is 17.7 Å². The Bertz CT molecular complexity index is 382. The van der Waals surface area contributed by atoms with Gasteiger partial charge in [0, 0.05) is 24.5 Å². The van der Waals surface area contributed by atoms with E-state index >= 15 is 0 Å². The van der Waals surface area contributed by atoms with Crippen molar-refractivity contribution >= 4 is 28.9 Å². The lowest BCUT2D eigenvalue weighted by Crippen LogP contribution is -2.04. The van der Waals surface area contributed by atoms with E-state index in [-0.39, 0.29) is 0 Å². The number of aryl methyl sites for hydroxylation is 1. The van der Waals surface area contributed by atoms with Crippen molar-refractivity contribution in [2.75, 3.05) is 5.32 Å². The molecule has 0 aliphatic rings. The summed E-state index contributed by atoms with van der Waals surface area (Å²) in [5.41, 5.74) is 1.08. The summed E-state index contributed by atoms with van der Waals surface area (Å²) in [6.07, 6.45) is 1.65. The first-order valence-electron chi connectivity index (χ1n) is 4.06. The van der Waals surface area contributed by atoms with Crippen LogP contribution in [0.2, 0.25) is 5.02 Å². The van der Waals surface area contributed by atoms with E-state index in [9.17, 15) is 0 Å². The smallest absolute Gasteiger partial charge is 0.224 e. The van der Waals surface area contributed by atoms with E-state index in [0.29, 0.717) is 6.54 Å². The minimum Gasteiger partial charge on any atom is -0.350 e. The molecule has 0 unspecified atom stereocenters. The molecule has 0 saturated heterocycles. The molecule has 2 heterocycles. The highest BCUT2D eigenvalue weighted by atomic mass is 35.5. The fourth-order valence-corrected chi connectivity index (χ4v) is 2.11. The third-order valence-electron chi connectivity index (χ3n) is 1.84. The quantitative estimate of drug-likeness (QED) is 0.876. The number of thiophene rings is 1. The van der Waals surface area contributed by atoms with E-state index in [1.165, 1.54) is 0 Å². The topological polar surface area (TPSA) is 42.7 Å². The van der Waals surface area contributed by atoms with Crippen molar-refractivity contribution in [2.24, 2.45) is 7.05 Å². The van der Waals surface area contributed by atoms with Crippen molar-refractivity contribution in [1.82, 2.24) is 14.8 Å². The fourth-order valence-electron chi connectivity index (χ4n) is 1.05. The van der Waals surface area contributed by atoms with Crippen LogP contribution in [-0.4, -0.2) is 14.8 Å². The maximum absolute atomic E-state index is 5.95. The van der Waals surface area contributed by atoms with E-state index in [2.05, 4.69) is 15.5 Å². The average molecular weight is 229 g/mol. The Morgan fingerprint density at radius 2 is 2.43 bits per heavy atom. The summed E-state index contributed by atoms with van der Waals surface area (Å²) in [5, 5.41) is 15.5. The van der Waals surface area contributed by atoms with Gasteiger partial charge in [-0.3, -0.25) is 0 Å². The van der Waals surface area contributed by atoms with Crippen molar-refractivity contribution in [3.63, 3.8) is 0 Å². The van der Waals surface area contributed by atoms with Crippen molar-refractivity contribution in [3.8, 4) is 0 Å². The van der Waals surface area contributed by atoms with Crippen LogP contribution in [0.25, 0.3) is 0 Å². The maximum Gasteiger partial charge on any atom is 0.224 e. The van der Waals surface area contributed by atoms with Gasteiger partial charge in [-0.2, -0.15) is 11.3 Å². The molecule has 14 heavy (non-hydrogen) atoms. The van der Waals surface area contributed by atoms with Gasteiger partial charge in [-0.15, -0.1) is 10.2 Å². The first kappa shape index (κ1) is 9.48. The Morgan fingerprint density at radius 1 is 1.57 bits per heavy atom. The van der Waals surface area contributed by atoms with Crippen LogP contribution >= 0.6 is 22.9 Å². The molecule has 0 atom stereocenters. The monoisotopic (exact) mass is 228 g/mol. The Kier molecular flexibility index (Phi) is 2.69. The van der Waals surface area contributed by atoms with E-state index in [1.807, 2.05) is 22.4 Å². The lowest BCUT2D eigenvalue weighted by atomic mass is 10.3. The molecule has 1 N–H and O–H groups in total. The first-order valence-corrected chi connectivity index (χ1v) is 5.38. The molecule has 0 amide bonds. The summed E-state index contributed by atoms with van der Waals surface area (Å²) >= 11 is 7.54. The molecule has 74 valence electrons. The van der Waals surface area contributed by atoms with E-state index in [0.717, 1.165) is 16.5 Å². The maximum atomic E-state index is 5.95. The summed E-state index contributed by atoms with van der Waals surface area (Å²) in [4.78, 5) is 0. The zero-order chi connectivity index (χ0) is 9.97. The number of anilines is 1. The summed E-state index contributed by atoms with van der Waals surface area (Å²) in [6, 6.07) is 0. The molecule has 0 aromatic carbocycles. The predicted octanol–water partition coefficient (Wildman–Crippen LogP) is 2.14. The van der Waals surface area contributed by atoms with Crippen LogP contribution in [0.15, 0.2) is 17.1 Å². The Balaban J connectivity index is 2.02. The lowest BCUT2D eigenvalue weighted by Gasteiger charge is -2.03. The standard InChI is InChI=1S/C8H9ClN4S/c1-13-5-11-12-8(13)10-2-6-3-14-4-7(6)9/h3-5H,2H2,1H3,(H,10,12). The number of halogens is 1. The van der Waals surface area contributed by atoms with Crippen molar-refractivity contribution in [1.29, 1.82) is 0 Å². The molecule has 0 spiro atoms. The second-order valence-corrected chi connectivity index (χ2v) is 4.01. The highest BCUT2D eigenvalue weighted by Crippen LogP contribution is 2.21. The molecule has 0 saturated carbocycles. The molecule has 4 nitrogen and oxygen atoms in total. The van der Waals surface area contributed by atoms with Gasteiger partial charge in [0.25, 0.3) is 0 Å². The van der Waals surface area contributed by atoms with Gasteiger partial charge in [-0.1, -0.05) is 11.6 Å². The van der Waals surface area contributed by atoms with Crippen LogP contribution in [0.4, 0.5) is 5.95 Å². The number of nitrogens with zero attached hydrogens (tertiary/aromatic N) is 3. The molecule has 0 aliphatic carbocycles. The summed E-state index contributed by atoms with van der Waals surface area (Å²) in [7, 11) is 1.89. The van der Waals surface area contributed by atoms with Crippen LogP contribution in [0.3, 0.4) is 0 Å². The Morgan fingerprint density at radius 3 is 3.00 bits per heavy atom. The molecular formula is C8H9ClN4S. The normalized spacial score (nSPS) is 10.4. The van der Waals surface area contributed by atoms with Crippen LogP contribution < -0.4 is 5.32 Å². The van der Waals surface area contributed by atoms with Gasteiger partial charge in [0.1, 0.15) is 6.33 Å². The first-order chi connectivity index (χ1) is 6.77. The third-order valence-corrected chi connectivity index (χ3v) is 3.11. The van der Waals surface area contributed by atoms with Crippen LogP contribution in [0, 0.1) is 0 Å². The second-order valence-electron chi connectivity index (χ2n) is 2.86. The molecule has 2 aromatic rings. The Labute approximate surface area is 90.5 Å². The van der Waals surface area contributed by atoms with E-state index in [4.69, 9.17) is 11.6 Å². The van der Waals surface area contributed by atoms with Gasteiger partial charge in [0.05, 0.1) is 5.02 Å². The number of nitrogens with one attached hydrogen (secondary N) is 1. The van der Waals surface area contributed by atoms with Gasteiger partial charge in [-0.05, 0) is 5.38 Å². The van der Waals surface area contributed by atoms with Crippen LogP contribution in [0.1, 0.15) is 5.56 Å². The minimum atomic E-state index is 0.675. The zero-order valence-electron chi connectivity index (χ0n) is 7.57. The average Bonchev–Trinajstić information content (AvgIpc) is 2.72. The lowest BCUT2D eigenvalue weighted by molar-refractivity contribution is 0.899. The fraction of sp³-hybridized carbons (Fsp3) is 0.250. The number of rotatable bonds is 3. The summed E-state index contributed by atoms with van der Waals surface area (Å²) in [6.45, 7) is 0.675. The van der Waals surface area contributed by atoms with Gasteiger partial charge in [-0.25, -0.2) is 0 Å².